The van der Waals surface area contributed by atoms with Crippen molar-refractivity contribution < 1.29 is 14.5 Å². The second-order valence-electron chi connectivity index (χ2n) is 9.37. The number of hydrogen-bond donors (Lipinski definition) is 1. The van der Waals surface area contributed by atoms with Crippen LogP contribution in [0.4, 0.5) is 17.2 Å². The number of aromatic nitrogens is 1. The van der Waals surface area contributed by atoms with Crippen LogP contribution in [0.3, 0.4) is 0 Å². The molecule has 1 aromatic heterocycles. The number of amides is 1. The molecule has 2 saturated heterocycles. The van der Waals surface area contributed by atoms with E-state index in [1.807, 2.05) is 24.3 Å². The highest BCUT2D eigenvalue weighted by atomic mass is 16.6. The average Bonchev–Trinajstić information content (AvgIpc) is 2.91. The molecule has 1 amide bonds. The molecule has 10 nitrogen and oxygen atoms in total. The van der Waals surface area contributed by atoms with Crippen molar-refractivity contribution >= 4 is 23.1 Å². The number of anilines is 2. The first kappa shape index (κ1) is 23.5. The lowest BCUT2D eigenvalue weighted by Gasteiger charge is -2.49. The first-order chi connectivity index (χ1) is 17.1. The van der Waals surface area contributed by atoms with Crippen molar-refractivity contribution in [3.8, 4) is 0 Å². The van der Waals surface area contributed by atoms with Crippen LogP contribution in [0, 0.1) is 16.0 Å². The summed E-state index contributed by atoms with van der Waals surface area (Å²) in [6, 6.07) is 10.9. The smallest absolute Gasteiger partial charge is 0.269 e. The van der Waals surface area contributed by atoms with E-state index in [1.54, 1.807) is 18.3 Å². The summed E-state index contributed by atoms with van der Waals surface area (Å²) >= 11 is 0. The van der Waals surface area contributed by atoms with Crippen LogP contribution >= 0.6 is 0 Å². The molecule has 10 heteroatoms. The van der Waals surface area contributed by atoms with Crippen molar-refractivity contribution in [2.75, 3.05) is 68.8 Å². The van der Waals surface area contributed by atoms with Crippen molar-refractivity contribution in [2.45, 2.75) is 18.9 Å². The van der Waals surface area contributed by atoms with Crippen molar-refractivity contribution in [1.29, 1.82) is 0 Å². The molecule has 1 N–H and O–H groups in total. The molecule has 0 bridgehead atoms. The highest BCUT2D eigenvalue weighted by Gasteiger charge is 2.42. The van der Waals surface area contributed by atoms with Crippen molar-refractivity contribution in [3.05, 3.63) is 58.3 Å². The molecule has 2 fully saturated rings. The van der Waals surface area contributed by atoms with Gasteiger partial charge in [0, 0.05) is 63.3 Å². The van der Waals surface area contributed by atoms with Gasteiger partial charge in [-0.3, -0.25) is 19.8 Å². The standard InChI is InChI=1S/C25H32N6O4/c32-25(27-8-3-9-28-12-14-35-15-13-28)21-17-19-16-20(31(33)34)5-6-22(19)30-11-10-29(18-23(21)30)24-4-1-2-7-26-24/h1-2,4-7,16,21,23H,3,8-15,17-18H2,(H,27,32)/t21-,23+/m1/s1. The lowest BCUT2D eigenvalue weighted by molar-refractivity contribution is -0.384. The molecule has 0 aliphatic carbocycles. The summed E-state index contributed by atoms with van der Waals surface area (Å²) in [5.74, 6) is 0.632. The SMILES string of the molecule is O=C(NCCCN1CCOCC1)[C@@H]1Cc2cc([N+](=O)[O-])ccc2N2CCN(c3ccccn3)C[C@@H]12. The summed E-state index contributed by atoms with van der Waals surface area (Å²) in [7, 11) is 0. The van der Waals surface area contributed by atoms with Crippen LogP contribution < -0.4 is 15.1 Å². The molecule has 186 valence electrons. The quantitative estimate of drug-likeness (QED) is 0.363. The van der Waals surface area contributed by atoms with Gasteiger partial charge in [0.05, 0.1) is 30.1 Å². The Morgan fingerprint density at radius 2 is 2.03 bits per heavy atom. The van der Waals surface area contributed by atoms with Crippen LogP contribution in [-0.2, 0) is 16.0 Å². The zero-order valence-corrected chi connectivity index (χ0v) is 19.8. The Morgan fingerprint density at radius 1 is 1.17 bits per heavy atom. The highest BCUT2D eigenvalue weighted by molar-refractivity contribution is 5.82. The predicted molar refractivity (Wildman–Crippen MR) is 133 cm³/mol. The molecular weight excluding hydrogens is 448 g/mol. The van der Waals surface area contributed by atoms with Crippen LogP contribution in [0.1, 0.15) is 12.0 Å². The van der Waals surface area contributed by atoms with Crippen LogP contribution in [0.2, 0.25) is 0 Å². The summed E-state index contributed by atoms with van der Waals surface area (Å²) in [5, 5.41) is 14.5. The normalized spacial score (nSPS) is 22.3. The maximum absolute atomic E-state index is 13.4. The largest absolute Gasteiger partial charge is 0.379 e. The van der Waals surface area contributed by atoms with Crippen LogP contribution in [0.15, 0.2) is 42.6 Å². The maximum Gasteiger partial charge on any atom is 0.269 e. The topological polar surface area (TPSA) is 104 Å². The highest BCUT2D eigenvalue weighted by Crippen LogP contribution is 2.38. The summed E-state index contributed by atoms with van der Waals surface area (Å²) < 4.78 is 5.40. The number of nitrogens with zero attached hydrogens (tertiary/aromatic N) is 5. The number of nitro benzene ring substituents is 1. The van der Waals surface area contributed by atoms with E-state index >= 15 is 0 Å². The molecule has 35 heavy (non-hydrogen) atoms. The molecule has 2 aromatic rings. The third-order valence-corrected chi connectivity index (χ3v) is 7.27. The Labute approximate surface area is 205 Å². The van der Waals surface area contributed by atoms with Gasteiger partial charge in [-0.15, -0.1) is 0 Å². The van der Waals surface area contributed by atoms with Gasteiger partial charge in [0.25, 0.3) is 5.69 Å². The number of nitro groups is 1. The van der Waals surface area contributed by atoms with Crippen molar-refractivity contribution in [1.82, 2.24) is 15.2 Å². The number of nitrogens with one attached hydrogen (secondary N) is 1. The van der Waals surface area contributed by atoms with Gasteiger partial charge in [-0.1, -0.05) is 6.07 Å². The van der Waals surface area contributed by atoms with Crippen LogP contribution in [0.5, 0.6) is 0 Å². The van der Waals surface area contributed by atoms with E-state index in [2.05, 4.69) is 25.0 Å². The number of fused-ring (bicyclic) bond motifs is 3. The van der Waals surface area contributed by atoms with Crippen molar-refractivity contribution in [3.63, 3.8) is 0 Å². The summed E-state index contributed by atoms with van der Waals surface area (Å²) in [4.78, 5) is 35.8. The number of carbonyl (C=O) groups excluding carboxylic acids is 1. The lowest BCUT2D eigenvalue weighted by atomic mass is 9.83. The number of rotatable bonds is 7. The van der Waals surface area contributed by atoms with Gasteiger partial charge >= 0.3 is 0 Å². The molecule has 5 rings (SSSR count). The zero-order chi connectivity index (χ0) is 24.2. The minimum absolute atomic E-state index is 0.0157. The van der Waals surface area contributed by atoms with Gasteiger partial charge in [0.1, 0.15) is 5.82 Å². The number of piperazine rings is 1. The number of carbonyl (C=O) groups is 1. The molecule has 3 aliphatic heterocycles. The van der Waals surface area contributed by atoms with Gasteiger partial charge in [0.15, 0.2) is 0 Å². The van der Waals surface area contributed by atoms with E-state index in [-0.39, 0.29) is 28.5 Å². The van der Waals surface area contributed by atoms with Gasteiger partial charge in [-0.2, -0.15) is 0 Å². The van der Waals surface area contributed by atoms with Gasteiger partial charge in [0.2, 0.25) is 5.91 Å². The third kappa shape index (κ3) is 5.23. The second kappa shape index (κ2) is 10.6. The van der Waals surface area contributed by atoms with Crippen LogP contribution in [-0.4, -0.2) is 85.8 Å². The fraction of sp³-hybridized carbons (Fsp3) is 0.520. The minimum atomic E-state index is -0.369. The van der Waals surface area contributed by atoms with E-state index in [1.165, 1.54) is 0 Å². The van der Waals surface area contributed by atoms with E-state index in [0.29, 0.717) is 19.5 Å². The Bertz CT molecular complexity index is 1050. The average molecular weight is 481 g/mol. The predicted octanol–water partition coefficient (Wildman–Crippen LogP) is 1.70. The lowest BCUT2D eigenvalue weighted by Crippen LogP contribution is -2.61. The monoisotopic (exact) mass is 480 g/mol. The fourth-order valence-electron chi connectivity index (χ4n) is 5.44. The Hall–Kier alpha value is -3.24. The first-order valence-electron chi connectivity index (χ1n) is 12.4. The second-order valence-corrected chi connectivity index (χ2v) is 9.37. The molecule has 0 unspecified atom stereocenters. The van der Waals surface area contributed by atoms with Gasteiger partial charge in [-0.25, -0.2) is 4.98 Å². The Balaban J connectivity index is 1.31. The van der Waals surface area contributed by atoms with E-state index in [9.17, 15) is 14.9 Å². The summed E-state index contributed by atoms with van der Waals surface area (Å²) in [5.41, 5.74) is 1.94. The number of pyridine rings is 1. The first-order valence-corrected chi connectivity index (χ1v) is 12.4. The molecular formula is C25H32N6O4. The van der Waals surface area contributed by atoms with E-state index in [4.69, 9.17) is 4.74 Å². The molecule has 0 spiro atoms. The molecule has 0 radical (unpaired) electrons. The van der Waals surface area contributed by atoms with Gasteiger partial charge < -0.3 is 19.9 Å². The molecule has 3 aliphatic rings. The number of benzene rings is 1. The zero-order valence-electron chi connectivity index (χ0n) is 19.8. The number of non-ortho nitro benzene ring substituents is 1. The third-order valence-electron chi connectivity index (χ3n) is 7.27. The molecule has 0 saturated carbocycles. The van der Waals surface area contributed by atoms with Gasteiger partial charge in [-0.05, 0) is 43.1 Å². The summed E-state index contributed by atoms with van der Waals surface area (Å²) in [6.07, 6.45) is 3.16. The van der Waals surface area contributed by atoms with E-state index in [0.717, 1.165) is 69.4 Å². The fourth-order valence-corrected chi connectivity index (χ4v) is 5.44. The molecule has 1 aromatic carbocycles. The molecule has 2 atom stereocenters. The number of morpholine rings is 1. The van der Waals surface area contributed by atoms with E-state index < -0.39 is 0 Å². The maximum atomic E-state index is 13.4. The summed E-state index contributed by atoms with van der Waals surface area (Å²) in [6.45, 7) is 7.15. The van der Waals surface area contributed by atoms with Crippen molar-refractivity contribution in [2.24, 2.45) is 5.92 Å². The number of hydrogen-bond acceptors (Lipinski definition) is 8. The Kier molecular flexibility index (Phi) is 7.10. The number of ether oxygens (including phenoxy) is 1. The minimum Gasteiger partial charge on any atom is -0.379 e. The van der Waals surface area contributed by atoms with Crippen LogP contribution in [0.25, 0.3) is 0 Å². The Morgan fingerprint density at radius 3 is 2.80 bits per heavy atom. The molecule has 4 heterocycles.